The Balaban J connectivity index is 1.01. The molecule has 101 heavy (non-hydrogen) atoms. The summed E-state index contributed by atoms with van der Waals surface area (Å²) in [7, 11) is 0. The van der Waals surface area contributed by atoms with Gasteiger partial charge in [0, 0.05) is 91.8 Å². The molecule has 4 nitrogen and oxygen atoms in total. The third-order valence-electron chi connectivity index (χ3n) is 21.1. The van der Waals surface area contributed by atoms with Crippen LogP contribution < -0.4 is 31.1 Å². The van der Waals surface area contributed by atoms with E-state index in [0.29, 0.717) is 0 Å². The van der Waals surface area contributed by atoms with Crippen LogP contribution in [-0.2, 0) is 21.7 Å². The lowest BCUT2D eigenvalue weighted by Crippen LogP contribution is -2.60. The average Bonchev–Trinajstić information content (AvgIpc) is 1.66. The second-order valence-corrected chi connectivity index (χ2v) is 33.9. The number of nitrogens with zero attached hydrogens (tertiary/aromatic N) is 4. The Morgan fingerprint density at radius 1 is 0.337 bits per heavy atom. The molecule has 0 unspecified atom stereocenters. The first-order chi connectivity index (χ1) is 48.6. The number of rotatable bonds is 10. The van der Waals surface area contributed by atoms with Gasteiger partial charge < -0.3 is 19.3 Å². The van der Waals surface area contributed by atoms with Crippen LogP contribution in [-0.4, -0.2) is 11.3 Å². The molecule has 4 heterocycles. The molecule has 13 aromatic carbocycles. The van der Waals surface area contributed by atoms with Crippen LogP contribution in [0.3, 0.4) is 0 Å². The molecule has 2 aliphatic heterocycles. The van der Waals surface area contributed by atoms with Gasteiger partial charge in [0.05, 0.1) is 22.4 Å². The van der Waals surface area contributed by atoms with Crippen molar-refractivity contribution in [1.82, 2.24) is 4.57 Å². The van der Waals surface area contributed by atoms with Crippen molar-refractivity contribution >= 4 is 139 Å². The first-order valence-electron chi connectivity index (χ1n) is 35.7. The van der Waals surface area contributed by atoms with Crippen LogP contribution in [0, 0.1) is 0 Å². The topological polar surface area (TPSA) is 14.7 Å². The molecule has 0 bridgehead atoms. The van der Waals surface area contributed by atoms with Gasteiger partial charge in [0.25, 0.3) is 6.71 Å². The molecule has 0 radical (unpaired) electrons. The minimum Gasteiger partial charge on any atom is -0.311 e. The van der Waals surface area contributed by atoms with Gasteiger partial charge in [0.2, 0.25) is 0 Å². The molecule has 0 spiro atoms. The van der Waals surface area contributed by atoms with Gasteiger partial charge in [-0.15, -0.1) is 11.3 Å². The van der Waals surface area contributed by atoms with E-state index < -0.39 is 0 Å². The summed E-state index contributed by atoms with van der Waals surface area (Å²) in [4.78, 5) is 10.2. The Bertz CT molecular complexity index is 5540. The molecule has 0 saturated carbocycles. The van der Waals surface area contributed by atoms with Crippen LogP contribution in [0.5, 0.6) is 0 Å². The molecule has 0 fully saturated rings. The van der Waals surface area contributed by atoms with E-state index in [1.165, 1.54) is 102 Å². The van der Waals surface area contributed by atoms with Crippen molar-refractivity contribution in [3.05, 3.63) is 307 Å². The quantitative estimate of drug-likeness (QED) is 0.127. The Morgan fingerprint density at radius 2 is 0.792 bits per heavy atom. The molecule has 0 amide bonds. The van der Waals surface area contributed by atoms with Crippen molar-refractivity contribution in [1.29, 1.82) is 0 Å². The van der Waals surface area contributed by atoms with Gasteiger partial charge in [0.1, 0.15) is 0 Å². The van der Waals surface area contributed by atoms with Gasteiger partial charge in [-0.25, -0.2) is 0 Å². The summed E-state index contributed by atoms with van der Waals surface area (Å²) in [5.74, 6) is 0. The molecule has 17 rings (SSSR count). The van der Waals surface area contributed by atoms with Gasteiger partial charge in [-0.3, -0.25) is 0 Å². The van der Waals surface area contributed by atoms with E-state index in [0.717, 1.165) is 68.0 Å². The van der Waals surface area contributed by atoms with Gasteiger partial charge in [-0.05, 0) is 181 Å². The van der Waals surface area contributed by atoms with Crippen molar-refractivity contribution in [2.45, 2.75) is 115 Å². The maximum Gasteiger partial charge on any atom is 0.251 e. The molecular weight excluding hydrogens is 1260 g/mol. The third kappa shape index (κ3) is 11.2. The fraction of sp³-hybridized carbons (Fsp3) is 0.170. The van der Waals surface area contributed by atoms with Crippen LogP contribution >= 0.6 is 23.1 Å². The standard InChI is InChI=1S/C94H83BN4S2/c1-91(2,3)63-36-44-67(45-37-63)96(68-46-38-64(39-47-68)92(4,5)6)71-52-53-77-85(57-71)100-86-58-72(98-78-32-22-19-29-73(78)74-30-20-23-33-79(74)98)56-82-88(86)95(77)89-83(99(82)80-54-35-62(60-25-15-13-16-26-60)55-76(80)61-27-17-14-18-28-61)59-81(87-75-31-21-24-34-84(75)101-90(87)89)97(69-48-40-65(41-49-69)93(7,8)9)70-50-42-66(43-51-70)94(10,11)12/h13-59H,1-12H3. The molecular formula is C94H83BN4S2. The smallest absolute Gasteiger partial charge is 0.251 e. The monoisotopic (exact) mass is 1340 g/mol. The fourth-order valence-electron chi connectivity index (χ4n) is 15.7. The molecule has 2 aliphatic rings. The summed E-state index contributed by atoms with van der Waals surface area (Å²) in [6.07, 6.45) is 0. The van der Waals surface area contributed by atoms with E-state index >= 15 is 0 Å². The Hall–Kier alpha value is -10.3. The SMILES string of the molecule is CC(C)(C)c1ccc(N(c2ccc(C(C)(C)C)cc2)c2ccc3c(c2)Sc2cc(-n4c5ccccc5c5ccccc54)cc4c2B3c2c(cc(N(c3ccc(C(C)(C)C)cc3)c3ccc(C(C)(C)C)cc3)c3c2sc2ccccc23)N4c2ccc(-c3ccccc3)cc2-c2ccccc2)cc1. The molecule has 0 atom stereocenters. The third-order valence-corrected chi connectivity index (χ3v) is 23.4. The first-order valence-corrected chi connectivity index (χ1v) is 37.3. The highest BCUT2D eigenvalue weighted by Crippen LogP contribution is 2.54. The largest absolute Gasteiger partial charge is 0.311 e. The zero-order valence-corrected chi connectivity index (χ0v) is 61.5. The van der Waals surface area contributed by atoms with Gasteiger partial charge >= 0.3 is 0 Å². The highest BCUT2D eigenvalue weighted by Gasteiger charge is 2.45. The van der Waals surface area contributed by atoms with Gasteiger partial charge in [-0.1, -0.05) is 276 Å². The minimum atomic E-state index is -0.187. The van der Waals surface area contributed by atoms with E-state index in [9.17, 15) is 0 Å². The predicted octanol–water partition coefficient (Wildman–Crippen LogP) is 25.4. The van der Waals surface area contributed by atoms with Crippen LogP contribution in [0.1, 0.15) is 105 Å². The summed E-state index contributed by atoms with van der Waals surface area (Å²) < 4.78 is 5.07. The van der Waals surface area contributed by atoms with Crippen molar-refractivity contribution in [3.63, 3.8) is 0 Å². The Kier molecular flexibility index (Phi) is 15.4. The van der Waals surface area contributed by atoms with Crippen LogP contribution in [0.2, 0.25) is 0 Å². The van der Waals surface area contributed by atoms with Crippen LogP contribution in [0.25, 0.3) is 69.9 Å². The molecule has 7 heteroatoms. The normalized spacial score (nSPS) is 13.1. The molecule has 494 valence electrons. The van der Waals surface area contributed by atoms with Crippen molar-refractivity contribution < 1.29 is 0 Å². The summed E-state index contributed by atoms with van der Waals surface area (Å²) in [5.41, 5.74) is 27.2. The number of benzene rings is 13. The van der Waals surface area contributed by atoms with E-state index in [4.69, 9.17) is 0 Å². The second kappa shape index (κ2) is 24.2. The summed E-state index contributed by atoms with van der Waals surface area (Å²) in [6, 6.07) is 109. The molecule has 2 aromatic heterocycles. The number of fused-ring (bicyclic) bond motifs is 11. The Labute approximate surface area is 604 Å². The van der Waals surface area contributed by atoms with E-state index in [2.05, 4.69) is 387 Å². The van der Waals surface area contributed by atoms with E-state index in [1.54, 1.807) is 0 Å². The number of thiophene rings is 1. The predicted molar refractivity (Wildman–Crippen MR) is 439 cm³/mol. The van der Waals surface area contributed by atoms with Gasteiger partial charge in [-0.2, -0.15) is 0 Å². The molecule has 0 N–H and O–H groups in total. The zero-order chi connectivity index (χ0) is 69.4. The molecule has 0 aliphatic carbocycles. The first kappa shape index (κ1) is 64.1. The number of aromatic nitrogens is 1. The summed E-state index contributed by atoms with van der Waals surface area (Å²) in [6.45, 7) is 27.5. The molecule has 0 saturated heterocycles. The van der Waals surface area contributed by atoms with Crippen LogP contribution in [0.15, 0.2) is 295 Å². The van der Waals surface area contributed by atoms with Crippen molar-refractivity contribution in [2.24, 2.45) is 0 Å². The lowest BCUT2D eigenvalue weighted by atomic mass is 9.34. The maximum atomic E-state index is 2.69. The highest BCUT2D eigenvalue weighted by molar-refractivity contribution is 8.00. The summed E-state index contributed by atoms with van der Waals surface area (Å²) >= 11 is 3.87. The van der Waals surface area contributed by atoms with Crippen molar-refractivity contribution in [2.75, 3.05) is 14.7 Å². The van der Waals surface area contributed by atoms with Crippen molar-refractivity contribution in [3.8, 4) is 27.9 Å². The average molecular weight is 1340 g/mol. The van der Waals surface area contributed by atoms with E-state index in [-0.39, 0.29) is 28.4 Å². The lowest BCUT2D eigenvalue weighted by molar-refractivity contribution is 0.590. The number of hydrogen-bond acceptors (Lipinski definition) is 5. The van der Waals surface area contributed by atoms with Crippen LogP contribution in [0.4, 0.5) is 51.2 Å². The number of hydrogen-bond donors (Lipinski definition) is 0. The number of anilines is 9. The zero-order valence-electron chi connectivity index (χ0n) is 59.8. The second-order valence-electron chi connectivity index (χ2n) is 31.8. The lowest BCUT2D eigenvalue weighted by Gasteiger charge is -2.42. The van der Waals surface area contributed by atoms with Gasteiger partial charge in [0.15, 0.2) is 0 Å². The summed E-state index contributed by atoms with van der Waals surface area (Å²) in [5, 5.41) is 4.96. The maximum absolute atomic E-state index is 2.69. The minimum absolute atomic E-state index is 0.000616. The van der Waals surface area contributed by atoms with E-state index in [1.807, 2.05) is 23.1 Å². The number of para-hydroxylation sites is 2. The molecule has 15 aromatic rings. The highest BCUT2D eigenvalue weighted by atomic mass is 32.2. The fourth-order valence-corrected chi connectivity index (χ4v) is 18.2. The Morgan fingerprint density at radius 3 is 1.32 bits per heavy atom.